The molecule has 0 spiro atoms. The number of hydrogen-bond acceptors (Lipinski definition) is 0. The Kier molecular flexibility index (Phi) is 4.98. The van der Waals surface area contributed by atoms with Crippen molar-refractivity contribution < 1.29 is 0 Å². The minimum Gasteiger partial charge on any atom is -0.0651 e. The zero-order valence-corrected chi connectivity index (χ0v) is 10.5. The summed E-state index contributed by atoms with van der Waals surface area (Å²) in [5, 5.41) is 0. The van der Waals surface area contributed by atoms with E-state index in [0.717, 1.165) is 17.8 Å². The predicted molar refractivity (Wildman–Crippen MR) is 64.1 cm³/mol. The molecule has 1 aliphatic rings. The average molecular weight is 195 g/mol. The van der Waals surface area contributed by atoms with Crippen molar-refractivity contribution in [3.63, 3.8) is 0 Å². The standard InChI is InChI=1S/C14H27/c1-5-11(3)13-8-7-9-14(10-13)12(4)6-2/h11-13H,5-10H2,1-4H3. The second kappa shape index (κ2) is 5.78. The fraction of sp³-hybridized carbons (Fsp3) is 0.929. The van der Waals surface area contributed by atoms with Gasteiger partial charge >= 0.3 is 0 Å². The lowest BCUT2D eigenvalue weighted by Crippen LogP contribution is -2.23. The smallest absolute Gasteiger partial charge is 0.0210 e. The van der Waals surface area contributed by atoms with E-state index >= 15 is 0 Å². The Hall–Kier alpha value is 0. The Labute approximate surface area is 90.5 Å². The van der Waals surface area contributed by atoms with Gasteiger partial charge in [-0.05, 0) is 36.5 Å². The van der Waals surface area contributed by atoms with E-state index in [1.807, 2.05) is 5.92 Å². The molecule has 1 radical (unpaired) electrons. The fourth-order valence-corrected chi connectivity index (χ4v) is 2.69. The van der Waals surface area contributed by atoms with Crippen LogP contribution in [-0.2, 0) is 0 Å². The molecule has 0 aromatic rings. The van der Waals surface area contributed by atoms with Crippen LogP contribution in [0.4, 0.5) is 0 Å². The third-order valence-electron chi connectivity index (χ3n) is 4.36. The highest BCUT2D eigenvalue weighted by molar-refractivity contribution is 4.99. The third kappa shape index (κ3) is 3.00. The normalized spacial score (nSPS) is 28.7. The molecule has 0 aliphatic heterocycles. The van der Waals surface area contributed by atoms with Crippen molar-refractivity contribution in [3.8, 4) is 0 Å². The van der Waals surface area contributed by atoms with Crippen LogP contribution in [-0.4, -0.2) is 0 Å². The topological polar surface area (TPSA) is 0 Å². The molecule has 14 heavy (non-hydrogen) atoms. The predicted octanol–water partition coefficient (Wildman–Crippen LogP) is 4.84. The molecule has 0 heterocycles. The summed E-state index contributed by atoms with van der Waals surface area (Å²) in [6.07, 6.45) is 8.48. The first kappa shape index (κ1) is 12.1. The Bertz CT molecular complexity index is 134. The molecule has 3 unspecified atom stereocenters. The lowest BCUT2D eigenvalue weighted by molar-refractivity contribution is 0.251. The van der Waals surface area contributed by atoms with Gasteiger partial charge in [-0.1, -0.05) is 53.4 Å². The van der Waals surface area contributed by atoms with E-state index in [-0.39, 0.29) is 0 Å². The second-order valence-corrected chi connectivity index (χ2v) is 5.21. The average Bonchev–Trinajstić information content (AvgIpc) is 2.27. The highest BCUT2D eigenvalue weighted by atomic mass is 14.3. The van der Waals surface area contributed by atoms with Crippen molar-refractivity contribution in [2.24, 2.45) is 17.8 Å². The van der Waals surface area contributed by atoms with Crippen LogP contribution in [0.1, 0.15) is 66.2 Å². The summed E-state index contributed by atoms with van der Waals surface area (Å²) in [6.45, 7) is 9.51. The maximum atomic E-state index is 2.43. The molecule has 1 aliphatic carbocycles. The Balaban J connectivity index is 2.43. The first-order valence-corrected chi connectivity index (χ1v) is 6.53. The van der Waals surface area contributed by atoms with Crippen LogP contribution in [0.3, 0.4) is 0 Å². The molecular formula is C14H27. The second-order valence-electron chi connectivity index (χ2n) is 5.21. The van der Waals surface area contributed by atoms with Gasteiger partial charge in [0.1, 0.15) is 0 Å². The molecule has 0 amide bonds. The van der Waals surface area contributed by atoms with Gasteiger partial charge in [0, 0.05) is 0 Å². The molecule has 0 aromatic heterocycles. The number of rotatable bonds is 4. The minimum atomic E-state index is 0.877. The summed E-state index contributed by atoms with van der Waals surface area (Å²) in [5.74, 6) is 4.68. The van der Waals surface area contributed by atoms with Crippen molar-refractivity contribution in [3.05, 3.63) is 5.92 Å². The molecule has 3 atom stereocenters. The summed E-state index contributed by atoms with van der Waals surface area (Å²) in [5.41, 5.74) is 0. The van der Waals surface area contributed by atoms with Gasteiger partial charge in [0.25, 0.3) is 0 Å². The van der Waals surface area contributed by atoms with Crippen LogP contribution >= 0.6 is 0 Å². The zero-order chi connectivity index (χ0) is 10.6. The Morgan fingerprint density at radius 2 is 1.93 bits per heavy atom. The van der Waals surface area contributed by atoms with Crippen LogP contribution < -0.4 is 0 Å². The Morgan fingerprint density at radius 1 is 1.21 bits per heavy atom. The van der Waals surface area contributed by atoms with E-state index in [0.29, 0.717) is 0 Å². The SMILES string of the molecule is CCC(C)[C]1CCCC(C(C)CC)C1. The molecule has 1 saturated carbocycles. The molecule has 0 saturated heterocycles. The Morgan fingerprint density at radius 3 is 2.50 bits per heavy atom. The highest BCUT2D eigenvalue weighted by Gasteiger charge is 2.27. The summed E-state index contributed by atoms with van der Waals surface area (Å²) in [6, 6.07) is 0. The van der Waals surface area contributed by atoms with Crippen molar-refractivity contribution in [1.82, 2.24) is 0 Å². The van der Waals surface area contributed by atoms with Crippen molar-refractivity contribution in [2.45, 2.75) is 66.2 Å². The largest absolute Gasteiger partial charge is 0.0651 e. The first-order valence-electron chi connectivity index (χ1n) is 6.53. The lowest BCUT2D eigenvalue weighted by atomic mass is 9.71. The van der Waals surface area contributed by atoms with Crippen molar-refractivity contribution >= 4 is 0 Å². The third-order valence-corrected chi connectivity index (χ3v) is 4.36. The summed E-state index contributed by atoms with van der Waals surface area (Å²) in [7, 11) is 0. The van der Waals surface area contributed by atoms with Gasteiger partial charge in [-0.3, -0.25) is 0 Å². The number of hydrogen-bond donors (Lipinski definition) is 0. The summed E-state index contributed by atoms with van der Waals surface area (Å²) < 4.78 is 0. The molecule has 1 fully saturated rings. The van der Waals surface area contributed by atoms with E-state index in [1.165, 1.54) is 38.5 Å². The van der Waals surface area contributed by atoms with Gasteiger partial charge in [-0.15, -0.1) is 0 Å². The monoisotopic (exact) mass is 195 g/mol. The first-order chi connectivity index (χ1) is 6.69. The quantitative estimate of drug-likeness (QED) is 0.602. The van der Waals surface area contributed by atoms with Crippen LogP contribution in [0.5, 0.6) is 0 Å². The van der Waals surface area contributed by atoms with Crippen LogP contribution in [0.25, 0.3) is 0 Å². The molecule has 0 aromatic carbocycles. The summed E-state index contributed by atoms with van der Waals surface area (Å²) >= 11 is 0. The molecule has 0 bridgehead atoms. The van der Waals surface area contributed by atoms with E-state index in [4.69, 9.17) is 0 Å². The molecular weight excluding hydrogens is 168 g/mol. The van der Waals surface area contributed by atoms with E-state index < -0.39 is 0 Å². The maximum Gasteiger partial charge on any atom is -0.0210 e. The van der Waals surface area contributed by atoms with Gasteiger partial charge in [0.05, 0.1) is 0 Å². The maximum absolute atomic E-state index is 2.43. The molecule has 1 rings (SSSR count). The van der Waals surface area contributed by atoms with Gasteiger partial charge < -0.3 is 0 Å². The van der Waals surface area contributed by atoms with Crippen LogP contribution in [0, 0.1) is 23.7 Å². The van der Waals surface area contributed by atoms with Gasteiger partial charge in [0.2, 0.25) is 0 Å². The zero-order valence-electron chi connectivity index (χ0n) is 10.5. The molecule has 83 valence electrons. The van der Waals surface area contributed by atoms with Crippen molar-refractivity contribution in [1.29, 1.82) is 0 Å². The van der Waals surface area contributed by atoms with Crippen molar-refractivity contribution in [2.75, 3.05) is 0 Å². The van der Waals surface area contributed by atoms with Gasteiger partial charge in [0.15, 0.2) is 0 Å². The van der Waals surface area contributed by atoms with Crippen LogP contribution in [0.2, 0.25) is 0 Å². The minimum absolute atomic E-state index is 0.877. The summed E-state index contributed by atoms with van der Waals surface area (Å²) in [4.78, 5) is 0. The van der Waals surface area contributed by atoms with E-state index in [1.54, 1.807) is 0 Å². The lowest BCUT2D eigenvalue weighted by Gasteiger charge is -2.35. The highest BCUT2D eigenvalue weighted by Crippen LogP contribution is 2.40. The molecule has 0 heteroatoms. The fourth-order valence-electron chi connectivity index (χ4n) is 2.69. The van der Waals surface area contributed by atoms with Gasteiger partial charge in [-0.2, -0.15) is 0 Å². The van der Waals surface area contributed by atoms with E-state index in [9.17, 15) is 0 Å². The molecule has 0 N–H and O–H groups in total. The van der Waals surface area contributed by atoms with Gasteiger partial charge in [-0.25, -0.2) is 0 Å². The van der Waals surface area contributed by atoms with Crippen LogP contribution in [0.15, 0.2) is 0 Å². The molecule has 0 nitrogen and oxygen atoms in total. The van der Waals surface area contributed by atoms with E-state index in [2.05, 4.69) is 27.7 Å².